The zero-order valence-corrected chi connectivity index (χ0v) is 14.2. The number of benzene rings is 1. The number of hydrogen-bond donors (Lipinski definition) is 1. The van der Waals surface area contributed by atoms with E-state index in [9.17, 15) is 22.4 Å². The van der Waals surface area contributed by atoms with E-state index >= 15 is 0 Å². The second-order valence-electron chi connectivity index (χ2n) is 5.19. The van der Waals surface area contributed by atoms with Crippen LogP contribution < -0.4 is 5.32 Å². The van der Waals surface area contributed by atoms with Crippen molar-refractivity contribution in [2.75, 3.05) is 12.4 Å². The number of nitrogens with zero attached hydrogens (tertiary/aromatic N) is 2. The van der Waals surface area contributed by atoms with Gasteiger partial charge in [0.2, 0.25) is 10.0 Å². The molecule has 0 fully saturated rings. The first kappa shape index (κ1) is 16.7. The molecule has 126 valence electrons. The number of halogens is 1. The largest absolute Gasteiger partial charge is 0.300 e. The SMILES string of the molecule is Cc1cnc(NC(=O)C2C(=O)c3ccc(F)cc3S(=O)(=O)N2C)s1. The normalized spacial score (nSPS) is 19.8. The van der Waals surface area contributed by atoms with Gasteiger partial charge in [-0.2, -0.15) is 4.31 Å². The fourth-order valence-corrected chi connectivity index (χ4v) is 4.54. The average Bonchev–Trinajstić information content (AvgIpc) is 2.91. The molecular formula is C14H12FN3O4S2. The quantitative estimate of drug-likeness (QED) is 0.808. The minimum absolute atomic E-state index is 0.204. The Bertz CT molecular complexity index is 955. The lowest BCUT2D eigenvalue weighted by Crippen LogP contribution is -2.53. The van der Waals surface area contributed by atoms with Gasteiger partial charge in [0.1, 0.15) is 5.82 Å². The van der Waals surface area contributed by atoms with E-state index < -0.39 is 38.5 Å². The van der Waals surface area contributed by atoms with Crippen LogP contribution >= 0.6 is 11.3 Å². The summed E-state index contributed by atoms with van der Waals surface area (Å²) in [6.07, 6.45) is 1.54. The summed E-state index contributed by atoms with van der Waals surface area (Å²) < 4.78 is 39.0. The maximum absolute atomic E-state index is 13.4. The summed E-state index contributed by atoms with van der Waals surface area (Å²) in [7, 11) is -3.05. The number of Topliss-reactive ketones (excluding diaryl/α,β-unsaturated/α-hetero) is 1. The number of amides is 1. The predicted molar refractivity (Wildman–Crippen MR) is 84.9 cm³/mol. The number of likely N-dealkylation sites (N-methyl/N-ethyl adjacent to an activating group) is 1. The van der Waals surface area contributed by atoms with Crippen molar-refractivity contribution in [2.45, 2.75) is 17.9 Å². The van der Waals surface area contributed by atoms with Gasteiger partial charge in [0.15, 0.2) is 17.0 Å². The van der Waals surface area contributed by atoms with Gasteiger partial charge < -0.3 is 5.32 Å². The highest BCUT2D eigenvalue weighted by Crippen LogP contribution is 2.30. The van der Waals surface area contributed by atoms with Crippen molar-refractivity contribution >= 4 is 38.2 Å². The highest BCUT2D eigenvalue weighted by atomic mass is 32.2. The van der Waals surface area contributed by atoms with E-state index in [1.807, 2.05) is 0 Å². The van der Waals surface area contributed by atoms with Crippen molar-refractivity contribution in [1.82, 2.24) is 9.29 Å². The molecule has 0 spiro atoms. The number of hydrogen-bond acceptors (Lipinski definition) is 6. The van der Waals surface area contributed by atoms with E-state index in [0.29, 0.717) is 4.31 Å². The second kappa shape index (κ2) is 5.72. The summed E-state index contributed by atoms with van der Waals surface area (Å²) in [6, 6.07) is 1.26. The number of aromatic nitrogens is 1. The molecule has 24 heavy (non-hydrogen) atoms. The molecule has 10 heteroatoms. The van der Waals surface area contributed by atoms with Gasteiger partial charge in [-0.25, -0.2) is 17.8 Å². The Morgan fingerprint density at radius 2 is 2.12 bits per heavy atom. The zero-order chi connectivity index (χ0) is 17.6. The highest BCUT2D eigenvalue weighted by molar-refractivity contribution is 7.89. The van der Waals surface area contributed by atoms with Crippen molar-refractivity contribution in [3.05, 3.63) is 40.7 Å². The molecule has 0 radical (unpaired) electrons. The lowest BCUT2D eigenvalue weighted by molar-refractivity contribution is -0.118. The summed E-state index contributed by atoms with van der Waals surface area (Å²) in [5, 5.41) is 2.71. The van der Waals surface area contributed by atoms with Crippen LogP contribution in [0.1, 0.15) is 15.2 Å². The van der Waals surface area contributed by atoms with Gasteiger partial charge in [0.25, 0.3) is 5.91 Å². The first-order valence-electron chi connectivity index (χ1n) is 6.77. The number of carbonyl (C=O) groups excluding carboxylic acids is 2. The number of ketones is 1. The van der Waals surface area contributed by atoms with Crippen molar-refractivity contribution in [1.29, 1.82) is 0 Å². The van der Waals surface area contributed by atoms with E-state index in [1.165, 1.54) is 11.3 Å². The number of anilines is 1. The fraction of sp³-hybridized carbons (Fsp3) is 0.214. The van der Waals surface area contributed by atoms with Gasteiger partial charge in [0, 0.05) is 23.7 Å². The minimum atomic E-state index is -4.16. The van der Waals surface area contributed by atoms with Gasteiger partial charge in [-0.05, 0) is 25.1 Å². The number of rotatable bonds is 2. The molecule has 2 aromatic rings. The van der Waals surface area contributed by atoms with E-state index in [2.05, 4.69) is 10.3 Å². The molecule has 3 rings (SSSR count). The third kappa shape index (κ3) is 2.62. The molecule has 2 heterocycles. The van der Waals surface area contributed by atoms with E-state index in [1.54, 1.807) is 13.1 Å². The fourth-order valence-electron chi connectivity index (χ4n) is 2.39. The Kier molecular flexibility index (Phi) is 3.98. The number of sulfonamides is 1. The van der Waals surface area contributed by atoms with Crippen LogP contribution in [0, 0.1) is 12.7 Å². The third-order valence-electron chi connectivity index (χ3n) is 3.58. The molecule has 0 aliphatic carbocycles. The van der Waals surface area contributed by atoms with Crippen LogP contribution in [-0.4, -0.2) is 42.5 Å². The van der Waals surface area contributed by atoms with E-state index in [4.69, 9.17) is 0 Å². The van der Waals surface area contributed by atoms with Crippen LogP contribution in [0.3, 0.4) is 0 Å². The first-order chi connectivity index (χ1) is 11.2. The molecule has 1 aromatic heterocycles. The van der Waals surface area contributed by atoms with Gasteiger partial charge in [-0.15, -0.1) is 11.3 Å². The zero-order valence-electron chi connectivity index (χ0n) is 12.6. The van der Waals surface area contributed by atoms with Crippen LogP contribution in [0.15, 0.2) is 29.3 Å². The lowest BCUT2D eigenvalue weighted by Gasteiger charge is -2.30. The predicted octanol–water partition coefficient (Wildman–Crippen LogP) is 1.41. The van der Waals surface area contributed by atoms with E-state index in [-0.39, 0.29) is 10.7 Å². The Morgan fingerprint density at radius 1 is 1.42 bits per heavy atom. The summed E-state index contributed by atoms with van der Waals surface area (Å²) in [4.78, 5) is 29.3. The Morgan fingerprint density at radius 3 is 2.75 bits per heavy atom. The average molecular weight is 369 g/mol. The number of carbonyl (C=O) groups is 2. The van der Waals surface area contributed by atoms with Gasteiger partial charge in [0.05, 0.1) is 4.90 Å². The van der Waals surface area contributed by atoms with Crippen LogP contribution in [0.5, 0.6) is 0 Å². The van der Waals surface area contributed by atoms with Crippen LogP contribution in [0.2, 0.25) is 0 Å². The van der Waals surface area contributed by atoms with Gasteiger partial charge in [-0.3, -0.25) is 9.59 Å². The Balaban J connectivity index is 2.02. The van der Waals surface area contributed by atoms with Crippen molar-refractivity contribution in [3.8, 4) is 0 Å². The maximum atomic E-state index is 13.4. The molecule has 0 saturated heterocycles. The number of fused-ring (bicyclic) bond motifs is 1. The molecule has 1 atom stereocenters. The highest BCUT2D eigenvalue weighted by Gasteiger charge is 2.45. The maximum Gasteiger partial charge on any atom is 0.252 e. The molecule has 0 saturated carbocycles. The second-order valence-corrected chi connectivity index (χ2v) is 8.39. The van der Waals surface area contributed by atoms with E-state index in [0.717, 1.165) is 30.1 Å². The molecule has 1 aliphatic rings. The number of thiazole rings is 1. The summed E-state index contributed by atoms with van der Waals surface area (Å²) >= 11 is 1.20. The van der Waals surface area contributed by atoms with Crippen molar-refractivity contribution in [2.24, 2.45) is 0 Å². The minimum Gasteiger partial charge on any atom is -0.300 e. The number of aryl methyl sites for hydroxylation is 1. The monoisotopic (exact) mass is 369 g/mol. The topological polar surface area (TPSA) is 96.4 Å². The molecule has 1 unspecified atom stereocenters. The third-order valence-corrected chi connectivity index (χ3v) is 6.27. The van der Waals surface area contributed by atoms with Crippen LogP contribution in [-0.2, 0) is 14.8 Å². The van der Waals surface area contributed by atoms with Gasteiger partial charge >= 0.3 is 0 Å². The summed E-state index contributed by atoms with van der Waals surface area (Å²) in [5.74, 6) is -2.30. The Hall–Kier alpha value is -2.17. The van der Waals surface area contributed by atoms with Crippen molar-refractivity contribution in [3.63, 3.8) is 0 Å². The first-order valence-corrected chi connectivity index (χ1v) is 9.02. The molecule has 0 bridgehead atoms. The van der Waals surface area contributed by atoms with Gasteiger partial charge in [-0.1, -0.05) is 0 Å². The smallest absolute Gasteiger partial charge is 0.252 e. The number of nitrogens with one attached hydrogen (secondary N) is 1. The lowest BCUT2D eigenvalue weighted by atomic mass is 10.0. The standard InChI is InChI=1S/C14H12FN3O4S2/c1-7-6-16-14(23-7)17-13(20)11-12(19)9-4-3-8(15)5-10(9)24(21,22)18(11)2/h3-6,11H,1-2H3,(H,16,17,20). The molecule has 1 N–H and O–H groups in total. The van der Waals surface area contributed by atoms with Crippen LogP contribution in [0.25, 0.3) is 0 Å². The summed E-state index contributed by atoms with van der Waals surface area (Å²) in [6.45, 7) is 1.79. The van der Waals surface area contributed by atoms with Crippen molar-refractivity contribution < 1.29 is 22.4 Å². The molecular weight excluding hydrogens is 357 g/mol. The molecule has 1 aliphatic heterocycles. The molecule has 1 amide bonds. The Labute approximate surface area is 141 Å². The van der Waals surface area contributed by atoms with Crippen LogP contribution in [0.4, 0.5) is 9.52 Å². The molecule has 7 nitrogen and oxygen atoms in total. The summed E-state index contributed by atoms with van der Waals surface area (Å²) in [5.41, 5.74) is -0.204. The molecule has 1 aromatic carbocycles.